The van der Waals surface area contributed by atoms with Gasteiger partial charge >= 0.3 is 0 Å². The first kappa shape index (κ1) is 19.0. The van der Waals surface area contributed by atoms with Gasteiger partial charge in [-0.25, -0.2) is 9.37 Å². The van der Waals surface area contributed by atoms with E-state index in [0.717, 1.165) is 6.07 Å². The van der Waals surface area contributed by atoms with Crippen molar-refractivity contribution in [2.75, 3.05) is 5.75 Å². The van der Waals surface area contributed by atoms with Crippen LogP contribution in [0.3, 0.4) is 0 Å². The molecular formula is C18H13ClFN3O3S. The van der Waals surface area contributed by atoms with E-state index in [4.69, 9.17) is 31.9 Å². The zero-order valence-corrected chi connectivity index (χ0v) is 15.6. The summed E-state index contributed by atoms with van der Waals surface area (Å²) >= 11 is 6.94. The van der Waals surface area contributed by atoms with E-state index in [1.165, 1.54) is 18.0 Å². The van der Waals surface area contributed by atoms with Crippen LogP contribution in [0.2, 0.25) is 5.02 Å². The molecule has 0 bridgehead atoms. The third kappa shape index (κ3) is 5.12. The van der Waals surface area contributed by atoms with Gasteiger partial charge in [-0.2, -0.15) is 0 Å². The first-order valence-corrected chi connectivity index (χ1v) is 9.07. The Balaban J connectivity index is 1.61. The molecule has 9 heteroatoms. The molecule has 3 aromatic rings. The molecule has 1 atom stereocenters. The summed E-state index contributed by atoms with van der Waals surface area (Å²) in [6.45, 7) is 1.78. The molecule has 0 radical (unpaired) electrons. The second-order valence-corrected chi connectivity index (χ2v) is 6.54. The van der Waals surface area contributed by atoms with Gasteiger partial charge < -0.3 is 13.9 Å². The first-order valence-electron chi connectivity index (χ1n) is 7.70. The van der Waals surface area contributed by atoms with E-state index in [0.29, 0.717) is 28.4 Å². The van der Waals surface area contributed by atoms with Gasteiger partial charge in [-0.1, -0.05) is 29.3 Å². The molecule has 0 aliphatic rings. The number of nitrogens with zero attached hydrogens (tertiary/aromatic N) is 3. The minimum absolute atomic E-state index is 0.163. The molecule has 2 aromatic heterocycles. The molecule has 0 aliphatic carbocycles. The Morgan fingerprint density at radius 1 is 1.30 bits per heavy atom. The molecule has 27 heavy (non-hydrogen) atoms. The molecule has 138 valence electrons. The van der Waals surface area contributed by atoms with Crippen LogP contribution in [-0.4, -0.2) is 20.9 Å². The van der Waals surface area contributed by atoms with E-state index < -0.39 is 11.9 Å². The van der Waals surface area contributed by atoms with Crippen molar-refractivity contribution in [3.63, 3.8) is 0 Å². The summed E-state index contributed by atoms with van der Waals surface area (Å²) in [6.07, 6.45) is 6.04. The maximum atomic E-state index is 13.7. The van der Waals surface area contributed by atoms with Crippen LogP contribution in [0, 0.1) is 18.2 Å². The van der Waals surface area contributed by atoms with Crippen molar-refractivity contribution in [1.82, 2.24) is 15.2 Å². The van der Waals surface area contributed by atoms with E-state index in [9.17, 15) is 4.39 Å². The fourth-order valence-electron chi connectivity index (χ4n) is 1.98. The molecule has 3 rings (SSSR count). The lowest BCUT2D eigenvalue weighted by molar-refractivity contribution is 0.181. The summed E-state index contributed by atoms with van der Waals surface area (Å²) in [4.78, 5) is 3.80. The summed E-state index contributed by atoms with van der Waals surface area (Å²) in [7, 11) is 0. The summed E-state index contributed by atoms with van der Waals surface area (Å²) < 4.78 is 30.3. The van der Waals surface area contributed by atoms with E-state index in [1.807, 2.05) is 0 Å². The Labute approximate surface area is 164 Å². The van der Waals surface area contributed by atoms with E-state index in [2.05, 4.69) is 21.1 Å². The first-order chi connectivity index (χ1) is 13.0. The van der Waals surface area contributed by atoms with Crippen molar-refractivity contribution in [3.8, 4) is 29.7 Å². The van der Waals surface area contributed by atoms with E-state index in [-0.39, 0.29) is 10.9 Å². The van der Waals surface area contributed by atoms with Crippen LogP contribution in [0.1, 0.15) is 18.9 Å². The average Bonchev–Trinajstić information content (AvgIpc) is 3.13. The lowest BCUT2D eigenvalue weighted by Gasteiger charge is -2.11. The topological polar surface area (TPSA) is 70.3 Å². The van der Waals surface area contributed by atoms with Gasteiger partial charge in [-0.15, -0.1) is 16.6 Å². The molecule has 0 spiro atoms. The zero-order valence-electron chi connectivity index (χ0n) is 14.1. The van der Waals surface area contributed by atoms with Gasteiger partial charge in [-0.3, -0.25) is 0 Å². The van der Waals surface area contributed by atoms with Gasteiger partial charge in [0.1, 0.15) is 11.5 Å². The highest BCUT2D eigenvalue weighted by Crippen LogP contribution is 2.28. The fourth-order valence-corrected chi connectivity index (χ4v) is 2.57. The third-order valence-electron chi connectivity index (χ3n) is 3.17. The Kier molecular flexibility index (Phi) is 6.16. The van der Waals surface area contributed by atoms with Crippen LogP contribution in [0.4, 0.5) is 4.39 Å². The van der Waals surface area contributed by atoms with Crippen LogP contribution in [0.15, 0.2) is 46.2 Å². The van der Waals surface area contributed by atoms with Gasteiger partial charge in [0.05, 0.1) is 10.8 Å². The summed E-state index contributed by atoms with van der Waals surface area (Å²) in [6, 6.07) is 7.72. The number of rotatable bonds is 7. The molecule has 0 aliphatic heterocycles. The summed E-state index contributed by atoms with van der Waals surface area (Å²) in [5.74, 6) is 3.40. The predicted molar refractivity (Wildman–Crippen MR) is 98.6 cm³/mol. The second kappa shape index (κ2) is 8.75. The second-order valence-electron chi connectivity index (χ2n) is 5.17. The molecule has 6 nitrogen and oxygen atoms in total. The smallest absolute Gasteiger partial charge is 0.277 e. The maximum absolute atomic E-state index is 13.7. The minimum atomic E-state index is -0.647. The summed E-state index contributed by atoms with van der Waals surface area (Å²) in [5.41, 5.74) is 0. The predicted octanol–water partition coefficient (Wildman–Crippen LogP) is 4.91. The van der Waals surface area contributed by atoms with Crippen molar-refractivity contribution in [3.05, 3.63) is 53.3 Å². The van der Waals surface area contributed by atoms with Gasteiger partial charge in [0.25, 0.3) is 17.0 Å². The minimum Gasteiger partial charge on any atom is -0.481 e. The van der Waals surface area contributed by atoms with Crippen LogP contribution in [0.25, 0.3) is 0 Å². The Hall–Kier alpha value is -2.76. The molecular weight excluding hydrogens is 393 g/mol. The molecule has 0 N–H and O–H groups in total. The normalized spacial score (nSPS) is 11.6. The number of terminal acetylenes is 1. The van der Waals surface area contributed by atoms with Crippen LogP contribution in [-0.2, 0) is 0 Å². The number of hydrogen-bond acceptors (Lipinski definition) is 7. The number of benzene rings is 1. The highest BCUT2D eigenvalue weighted by atomic mass is 35.5. The Morgan fingerprint density at radius 3 is 2.74 bits per heavy atom. The number of pyridine rings is 1. The van der Waals surface area contributed by atoms with E-state index >= 15 is 0 Å². The van der Waals surface area contributed by atoms with Gasteiger partial charge in [0, 0.05) is 6.20 Å². The molecule has 0 unspecified atom stereocenters. The van der Waals surface area contributed by atoms with Crippen molar-refractivity contribution < 1.29 is 18.3 Å². The van der Waals surface area contributed by atoms with E-state index in [1.54, 1.807) is 31.2 Å². The SMILES string of the molecule is C#CCSc1nnc([C@H](C)Oc2ccc(Oc3ncc(Cl)cc3F)cc2)o1. The van der Waals surface area contributed by atoms with Crippen LogP contribution < -0.4 is 9.47 Å². The van der Waals surface area contributed by atoms with Crippen molar-refractivity contribution >= 4 is 23.4 Å². The fraction of sp³-hybridized carbons (Fsp3) is 0.167. The largest absolute Gasteiger partial charge is 0.481 e. The number of ether oxygens (including phenoxy) is 2. The molecule has 0 fully saturated rings. The lowest BCUT2D eigenvalue weighted by atomic mass is 10.3. The summed E-state index contributed by atoms with van der Waals surface area (Å²) in [5, 5.41) is 8.41. The Morgan fingerprint density at radius 2 is 2.04 bits per heavy atom. The monoisotopic (exact) mass is 405 g/mol. The third-order valence-corrected chi connectivity index (χ3v) is 4.10. The molecule has 2 heterocycles. The number of halogens is 2. The van der Waals surface area contributed by atoms with Gasteiger partial charge in [0.15, 0.2) is 11.9 Å². The molecule has 0 saturated carbocycles. The van der Waals surface area contributed by atoms with Gasteiger partial charge in [0.2, 0.25) is 0 Å². The van der Waals surface area contributed by atoms with Crippen molar-refractivity contribution in [2.24, 2.45) is 0 Å². The standard InChI is InChI=1S/C18H13ClFN3O3S/c1-3-8-27-18-23-22-16(26-18)11(2)24-13-4-6-14(7-5-13)25-17-15(20)9-12(19)10-21-17/h1,4-7,9-11H,8H2,2H3/t11-/m0/s1. The number of aromatic nitrogens is 3. The van der Waals surface area contributed by atoms with Crippen molar-refractivity contribution in [2.45, 2.75) is 18.3 Å². The molecule has 0 amide bonds. The Bertz CT molecular complexity index is 959. The average molecular weight is 406 g/mol. The molecule has 0 saturated heterocycles. The zero-order chi connectivity index (χ0) is 19.2. The number of hydrogen-bond donors (Lipinski definition) is 0. The molecule has 1 aromatic carbocycles. The van der Waals surface area contributed by atoms with Crippen molar-refractivity contribution in [1.29, 1.82) is 0 Å². The highest BCUT2D eigenvalue weighted by molar-refractivity contribution is 7.99. The van der Waals surface area contributed by atoms with Crippen LogP contribution in [0.5, 0.6) is 17.4 Å². The quantitative estimate of drug-likeness (QED) is 0.408. The van der Waals surface area contributed by atoms with Crippen LogP contribution >= 0.6 is 23.4 Å². The highest BCUT2D eigenvalue weighted by Gasteiger charge is 2.16. The number of thioether (sulfide) groups is 1. The van der Waals surface area contributed by atoms with Gasteiger partial charge in [-0.05, 0) is 37.3 Å². The maximum Gasteiger partial charge on any atom is 0.277 e. The lowest BCUT2D eigenvalue weighted by Crippen LogP contribution is -2.03.